The average molecular weight is 425 g/mol. The van der Waals surface area contributed by atoms with Crippen LogP contribution in [0.2, 0.25) is 0 Å². The van der Waals surface area contributed by atoms with E-state index >= 15 is 0 Å². The molecule has 0 aromatic carbocycles. The lowest BCUT2D eigenvalue weighted by molar-refractivity contribution is -0.137. The van der Waals surface area contributed by atoms with Crippen molar-refractivity contribution in [3.8, 4) is 11.3 Å². The van der Waals surface area contributed by atoms with Gasteiger partial charge in [-0.05, 0) is 37.7 Å². The molecule has 0 spiro atoms. The Balaban J connectivity index is 1.87. The zero-order valence-corrected chi connectivity index (χ0v) is 16.8. The van der Waals surface area contributed by atoms with Crippen LogP contribution in [-0.4, -0.2) is 47.5 Å². The SMILES string of the molecule is CSC1(c2cc(-c3cnc(N)cc3C(F)(F)F)nc(N3CCOCC3)n2)CCC1. The van der Waals surface area contributed by atoms with Crippen LogP contribution in [0.5, 0.6) is 0 Å². The number of morpholine rings is 1. The van der Waals surface area contributed by atoms with Gasteiger partial charge in [0.25, 0.3) is 0 Å². The number of hydrogen-bond donors (Lipinski definition) is 1. The van der Waals surface area contributed by atoms with Crippen molar-refractivity contribution in [3.63, 3.8) is 0 Å². The standard InChI is InChI=1S/C19H22F3N5OS/c1-29-18(3-2-4-18)15-10-14(25-17(26-15)27-5-7-28-8-6-27)12-11-24-16(23)9-13(12)19(20,21)22/h9-11H,2-8H2,1H3,(H2,23,24). The van der Waals surface area contributed by atoms with Crippen LogP contribution in [-0.2, 0) is 15.7 Å². The van der Waals surface area contributed by atoms with Gasteiger partial charge in [0.15, 0.2) is 0 Å². The first-order valence-electron chi connectivity index (χ1n) is 9.43. The van der Waals surface area contributed by atoms with Crippen molar-refractivity contribution in [2.24, 2.45) is 0 Å². The minimum Gasteiger partial charge on any atom is -0.384 e. The lowest BCUT2D eigenvalue weighted by Gasteiger charge is -2.40. The molecule has 4 rings (SSSR count). The summed E-state index contributed by atoms with van der Waals surface area (Å²) in [4.78, 5) is 15.1. The minimum absolute atomic E-state index is 0.0829. The van der Waals surface area contributed by atoms with E-state index in [1.54, 1.807) is 17.8 Å². The maximum absolute atomic E-state index is 13.7. The van der Waals surface area contributed by atoms with Crippen molar-refractivity contribution < 1.29 is 17.9 Å². The second kappa shape index (κ2) is 7.64. The van der Waals surface area contributed by atoms with Crippen LogP contribution in [0.4, 0.5) is 24.9 Å². The van der Waals surface area contributed by atoms with Crippen molar-refractivity contribution in [1.82, 2.24) is 15.0 Å². The van der Waals surface area contributed by atoms with Crippen LogP contribution in [0.3, 0.4) is 0 Å². The van der Waals surface area contributed by atoms with E-state index in [1.807, 2.05) is 11.2 Å². The zero-order valence-electron chi connectivity index (χ0n) is 16.0. The third-order valence-corrected chi connectivity index (χ3v) is 6.93. The minimum atomic E-state index is -4.57. The molecule has 0 radical (unpaired) electrons. The summed E-state index contributed by atoms with van der Waals surface area (Å²) in [7, 11) is 0. The molecule has 2 aromatic rings. The normalized spacial score (nSPS) is 19.1. The van der Waals surface area contributed by atoms with E-state index in [9.17, 15) is 13.2 Å². The molecule has 10 heteroatoms. The molecule has 0 atom stereocenters. The van der Waals surface area contributed by atoms with Gasteiger partial charge < -0.3 is 15.4 Å². The van der Waals surface area contributed by atoms with Crippen LogP contribution >= 0.6 is 11.8 Å². The number of ether oxygens (including phenoxy) is 1. The molecule has 1 saturated carbocycles. The number of halogens is 3. The summed E-state index contributed by atoms with van der Waals surface area (Å²) in [5, 5.41) is 0. The molecule has 2 aromatic heterocycles. The molecule has 2 N–H and O–H groups in total. The van der Waals surface area contributed by atoms with Gasteiger partial charge in [0.1, 0.15) is 5.82 Å². The number of nitrogens with zero attached hydrogens (tertiary/aromatic N) is 4. The smallest absolute Gasteiger partial charge is 0.384 e. The Morgan fingerprint density at radius 1 is 1.17 bits per heavy atom. The van der Waals surface area contributed by atoms with Gasteiger partial charge in [-0.3, -0.25) is 0 Å². The first-order valence-corrected chi connectivity index (χ1v) is 10.7. The molecule has 3 heterocycles. The molecular weight excluding hydrogens is 403 g/mol. The van der Waals surface area contributed by atoms with Gasteiger partial charge in [-0.2, -0.15) is 24.9 Å². The van der Waals surface area contributed by atoms with Gasteiger partial charge in [-0.15, -0.1) is 0 Å². The summed E-state index contributed by atoms with van der Waals surface area (Å²) in [6.07, 6.45) is 1.56. The van der Waals surface area contributed by atoms with Crippen LogP contribution in [0, 0.1) is 0 Å². The highest BCUT2D eigenvalue weighted by Gasteiger charge is 2.41. The second-order valence-electron chi connectivity index (χ2n) is 7.24. The van der Waals surface area contributed by atoms with Crippen LogP contribution in [0.1, 0.15) is 30.5 Å². The molecule has 156 valence electrons. The van der Waals surface area contributed by atoms with E-state index in [4.69, 9.17) is 15.5 Å². The van der Waals surface area contributed by atoms with Gasteiger partial charge in [-0.1, -0.05) is 0 Å². The lowest BCUT2D eigenvalue weighted by atomic mass is 9.81. The zero-order chi connectivity index (χ0) is 20.6. The summed E-state index contributed by atoms with van der Waals surface area (Å²) in [6, 6.07) is 2.54. The number of nitrogen functional groups attached to an aromatic ring is 1. The summed E-state index contributed by atoms with van der Waals surface area (Å²) in [5.74, 6) is 0.259. The molecule has 1 aliphatic heterocycles. The molecule has 2 fully saturated rings. The summed E-state index contributed by atoms with van der Waals surface area (Å²) in [6.45, 7) is 2.27. The van der Waals surface area contributed by atoms with Crippen molar-refractivity contribution in [2.75, 3.05) is 43.2 Å². The molecule has 1 aliphatic carbocycles. The third-order valence-electron chi connectivity index (χ3n) is 5.53. The van der Waals surface area contributed by atoms with Gasteiger partial charge in [0.05, 0.1) is 34.9 Å². The summed E-state index contributed by atoms with van der Waals surface area (Å²) >= 11 is 1.69. The number of rotatable bonds is 4. The molecule has 2 aliphatic rings. The highest BCUT2D eigenvalue weighted by atomic mass is 32.2. The van der Waals surface area contributed by atoms with Crippen molar-refractivity contribution in [3.05, 3.63) is 29.6 Å². The van der Waals surface area contributed by atoms with Gasteiger partial charge in [0.2, 0.25) is 5.95 Å². The Kier molecular flexibility index (Phi) is 5.32. The maximum atomic E-state index is 13.7. The van der Waals surface area contributed by atoms with Crippen LogP contribution < -0.4 is 10.6 Å². The number of hydrogen-bond acceptors (Lipinski definition) is 7. The summed E-state index contributed by atoms with van der Waals surface area (Å²) < 4.78 is 46.3. The van der Waals surface area contributed by atoms with E-state index in [1.165, 1.54) is 0 Å². The molecule has 0 unspecified atom stereocenters. The molecule has 29 heavy (non-hydrogen) atoms. The Hall–Kier alpha value is -2.07. The van der Waals surface area contributed by atoms with Crippen molar-refractivity contribution in [2.45, 2.75) is 30.2 Å². The van der Waals surface area contributed by atoms with Crippen LogP contribution in [0.25, 0.3) is 11.3 Å². The van der Waals surface area contributed by atoms with E-state index in [2.05, 4.69) is 9.97 Å². The topological polar surface area (TPSA) is 77.2 Å². The maximum Gasteiger partial charge on any atom is 0.417 e. The molecule has 0 amide bonds. The molecular formula is C19H22F3N5OS. The molecule has 1 saturated heterocycles. The number of aromatic nitrogens is 3. The van der Waals surface area contributed by atoms with Crippen molar-refractivity contribution in [1.29, 1.82) is 0 Å². The van der Waals surface area contributed by atoms with Gasteiger partial charge in [-0.25, -0.2) is 15.0 Å². The Labute approximate surface area is 171 Å². The van der Waals surface area contributed by atoms with E-state index in [0.29, 0.717) is 32.3 Å². The molecule has 6 nitrogen and oxygen atoms in total. The number of pyridine rings is 1. The predicted molar refractivity (Wildman–Crippen MR) is 107 cm³/mol. The first-order chi connectivity index (χ1) is 13.8. The largest absolute Gasteiger partial charge is 0.417 e. The number of alkyl halides is 3. The lowest BCUT2D eigenvalue weighted by Crippen LogP contribution is -2.38. The first kappa shape index (κ1) is 20.2. The fraction of sp³-hybridized carbons (Fsp3) is 0.526. The van der Waals surface area contributed by atoms with E-state index < -0.39 is 11.7 Å². The fourth-order valence-electron chi connectivity index (χ4n) is 3.68. The number of anilines is 2. The Morgan fingerprint density at radius 3 is 2.48 bits per heavy atom. The highest BCUT2D eigenvalue weighted by Crippen LogP contribution is 2.51. The number of nitrogens with two attached hydrogens (primary N) is 1. The second-order valence-corrected chi connectivity index (χ2v) is 8.43. The van der Waals surface area contributed by atoms with E-state index in [0.717, 1.165) is 37.2 Å². The van der Waals surface area contributed by atoms with Crippen molar-refractivity contribution >= 4 is 23.5 Å². The predicted octanol–water partition coefficient (Wildman–Crippen LogP) is 3.72. The summed E-state index contributed by atoms with van der Waals surface area (Å²) in [5.41, 5.74) is 5.60. The monoisotopic (exact) mass is 425 g/mol. The van der Waals surface area contributed by atoms with Gasteiger partial charge >= 0.3 is 6.18 Å². The fourth-order valence-corrected chi connectivity index (χ4v) is 4.69. The van der Waals surface area contributed by atoms with E-state index in [-0.39, 0.29) is 21.8 Å². The molecule has 0 bridgehead atoms. The average Bonchev–Trinajstić information content (AvgIpc) is 2.67. The highest BCUT2D eigenvalue weighted by molar-refractivity contribution is 7.99. The third kappa shape index (κ3) is 3.87. The Morgan fingerprint density at radius 2 is 1.90 bits per heavy atom. The van der Waals surface area contributed by atoms with Gasteiger partial charge in [0, 0.05) is 24.8 Å². The Bertz CT molecular complexity index is 892. The van der Waals surface area contributed by atoms with Crippen LogP contribution in [0.15, 0.2) is 18.3 Å². The number of thioether (sulfide) groups is 1. The quantitative estimate of drug-likeness (QED) is 0.800.